The molecule has 15 heavy (non-hydrogen) atoms. The van der Waals surface area contributed by atoms with E-state index in [9.17, 15) is 0 Å². The maximum absolute atomic E-state index is 8.76. The summed E-state index contributed by atoms with van der Waals surface area (Å²) >= 11 is 5.63. The van der Waals surface area contributed by atoms with Gasteiger partial charge in [0, 0.05) is 12.4 Å². The molecule has 2 nitrogen and oxygen atoms in total. The number of alkyl halides is 1. The summed E-state index contributed by atoms with van der Waals surface area (Å²) in [5.41, 5.74) is 1.89. The van der Waals surface area contributed by atoms with Crippen molar-refractivity contribution in [2.24, 2.45) is 0 Å². The molecule has 0 N–H and O–H groups in total. The summed E-state index contributed by atoms with van der Waals surface area (Å²) in [6, 6.07) is 9.85. The average Bonchev–Trinajstić information content (AvgIpc) is 2.26. The van der Waals surface area contributed by atoms with Gasteiger partial charge in [0.1, 0.15) is 0 Å². The minimum absolute atomic E-state index is 0.697. The van der Waals surface area contributed by atoms with E-state index in [1.54, 1.807) is 0 Å². The van der Waals surface area contributed by atoms with Crippen LogP contribution in [0.15, 0.2) is 24.3 Å². The van der Waals surface area contributed by atoms with E-state index in [1.165, 1.54) is 5.56 Å². The van der Waals surface area contributed by atoms with Crippen LogP contribution < -0.4 is 0 Å². The maximum atomic E-state index is 8.76. The molecule has 0 radical (unpaired) electrons. The Morgan fingerprint density at radius 2 is 2.27 bits per heavy atom. The molecule has 1 aromatic carbocycles. The second-order valence-electron chi connectivity index (χ2n) is 3.59. The standard InChI is InChI=1S/C12H15ClN2/c1-15(7-3-6-13)10-12-5-2-4-11(8-12)9-14/h2,4-5,8H,3,6-7,10H2,1H3. The van der Waals surface area contributed by atoms with Crippen LogP contribution in [0.4, 0.5) is 0 Å². The first-order valence-corrected chi connectivity index (χ1v) is 5.53. The van der Waals surface area contributed by atoms with E-state index in [4.69, 9.17) is 16.9 Å². The van der Waals surface area contributed by atoms with Crippen LogP contribution in [0, 0.1) is 11.3 Å². The minimum atomic E-state index is 0.697. The molecule has 1 rings (SSSR count). The predicted octanol–water partition coefficient (Wildman–Crippen LogP) is 2.62. The zero-order valence-corrected chi connectivity index (χ0v) is 9.67. The van der Waals surface area contributed by atoms with E-state index >= 15 is 0 Å². The Morgan fingerprint density at radius 3 is 2.93 bits per heavy atom. The van der Waals surface area contributed by atoms with E-state index < -0.39 is 0 Å². The molecule has 0 aliphatic carbocycles. The second kappa shape index (κ2) is 6.44. The van der Waals surface area contributed by atoms with E-state index in [2.05, 4.69) is 18.0 Å². The molecule has 3 heteroatoms. The molecule has 0 spiro atoms. The average molecular weight is 223 g/mol. The van der Waals surface area contributed by atoms with E-state index in [0.717, 1.165) is 25.1 Å². The normalized spacial score (nSPS) is 10.3. The summed E-state index contributed by atoms with van der Waals surface area (Å²) in [7, 11) is 2.06. The van der Waals surface area contributed by atoms with Gasteiger partial charge in [-0.15, -0.1) is 11.6 Å². The highest BCUT2D eigenvalue weighted by Crippen LogP contribution is 2.07. The molecule has 1 aromatic rings. The lowest BCUT2D eigenvalue weighted by Crippen LogP contribution is -2.19. The van der Waals surface area contributed by atoms with Gasteiger partial charge in [0.25, 0.3) is 0 Å². The van der Waals surface area contributed by atoms with Crippen molar-refractivity contribution < 1.29 is 0 Å². The first-order chi connectivity index (χ1) is 7.26. The number of nitrogens with zero attached hydrogens (tertiary/aromatic N) is 2. The largest absolute Gasteiger partial charge is 0.302 e. The molecule has 0 aromatic heterocycles. The van der Waals surface area contributed by atoms with Crippen LogP contribution in [0.1, 0.15) is 17.5 Å². The molecule has 0 unspecified atom stereocenters. The van der Waals surface area contributed by atoms with Gasteiger partial charge in [-0.05, 0) is 37.7 Å². The SMILES string of the molecule is CN(CCCCl)Cc1cccc(C#N)c1. The predicted molar refractivity (Wildman–Crippen MR) is 62.8 cm³/mol. The molecule has 0 aliphatic rings. The zero-order valence-electron chi connectivity index (χ0n) is 8.91. The molecule has 0 atom stereocenters. The summed E-state index contributed by atoms with van der Waals surface area (Å²) in [5.74, 6) is 0.697. The highest BCUT2D eigenvalue weighted by atomic mass is 35.5. The molecular weight excluding hydrogens is 208 g/mol. The van der Waals surface area contributed by atoms with E-state index in [0.29, 0.717) is 5.88 Å². The molecule has 0 bridgehead atoms. The molecule has 0 fully saturated rings. The van der Waals surface area contributed by atoms with Crippen LogP contribution >= 0.6 is 11.6 Å². The lowest BCUT2D eigenvalue weighted by atomic mass is 10.1. The third kappa shape index (κ3) is 4.33. The Kier molecular flexibility index (Phi) is 5.17. The number of benzene rings is 1. The zero-order chi connectivity index (χ0) is 11.1. The summed E-state index contributed by atoms with van der Waals surface area (Å²) in [6.07, 6.45) is 0.996. The van der Waals surface area contributed by atoms with Crippen LogP contribution in [-0.4, -0.2) is 24.4 Å². The quantitative estimate of drug-likeness (QED) is 0.717. The van der Waals surface area contributed by atoms with E-state index in [-0.39, 0.29) is 0 Å². The van der Waals surface area contributed by atoms with Crippen molar-refractivity contribution in [2.45, 2.75) is 13.0 Å². The fourth-order valence-electron chi connectivity index (χ4n) is 1.46. The van der Waals surface area contributed by atoms with Gasteiger partial charge in [0.15, 0.2) is 0 Å². The Labute approximate surface area is 96.1 Å². The molecule has 0 amide bonds. The molecule has 80 valence electrons. The summed E-state index contributed by atoms with van der Waals surface area (Å²) in [5, 5.41) is 8.76. The summed E-state index contributed by atoms with van der Waals surface area (Å²) < 4.78 is 0. The molecule has 0 saturated carbocycles. The fourth-order valence-corrected chi connectivity index (χ4v) is 1.58. The van der Waals surface area contributed by atoms with Crippen molar-refractivity contribution in [1.82, 2.24) is 4.90 Å². The van der Waals surface area contributed by atoms with Gasteiger partial charge in [-0.2, -0.15) is 5.26 Å². The monoisotopic (exact) mass is 222 g/mol. The van der Waals surface area contributed by atoms with Gasteiger partial charge in [0.05, 0.1) is 11.6 Å². The first kappa shape index (κ1) is 12.0. The van der Waals surface area contributed by atoms with Crippen molar-refractivity contribution in [1.29, 1.82) is 5.26 Å². The van der Waals surface area contributed by atoms with Gasteiger partial charge >= 0.3 is 0 Å². The Balaban J connectivity index is 2.53. The van der Waals surface area contributed by atoms with Crippen molar-refractivity contribution >= 4 is 11.6 Å². The third-order valence-electron chi connectivity index (χ3n) is 2.18. The fraction of sp³-hybridized carbons (Fsp3) is 0.417. The molecule has 0 saturated heterocycles. The van der Waals surface area contributed by atoms with Crippen molar-refractivity contribution in [3.63, 3.8) is 0 Å². The third-order valence-corrected chi connectivity index (χ3v) is 2.45. The van der Waals surface area contributed by atoms with Crippen LogP contribution in [0.25, 0.3) is 0 Å². The lowest BCUT2D eigenvalue weighted by Gasteiger charge is -2.15. The van der Waals surface area contributed by atoms with Crippen LogP contribution in [-0.2, 0) is 6.54 Å². The molecular formula is C12H15ClN2. The number of halogens is 1. The number of hydrogen-bond donors (Lipinski definition) is 0. The van der Waals surface area contributed by atoms with Gasteiger partial charge in [-0.3, -0.25) is 0 Å². The summed E-state index contributed by atoms with van der Waals surface area (Å²) in [6.45, 7) is 1.85. The Hall–Kier alpha value is -1.04. The molecule has 0 heterocycles. The second-order valence-corrected chi connectivity index (χ2v) is 3.97. The Morgan fingerprint density at radius 1 is 1.47 bits per heavy atom. The molecule has 0 aliphatic heterocycles. The highest BCUT2D eigenvalue weighted by Gasteiger charge is 2.00. The Bertz CT molecular complexity index is 344. The van der Waals surface area contributed by atoms with Crippen molar-refractivity contribution in [3.8, 4) is 6.07 Å². The van der Waals surface area contributed by atoms with Gasteiger partial charge in [-0.1, -0.05) is 12.1 Å². The number of hydrogen-bond acceptors (Lipinski definition) is 2. The van der Waals surface area contributed by atoms with Gasteiger partial charge in [0.2, 0.25) is 0 Å². The van der Waals surface area contributed by atoms with E-state index in [1.807, 2.05) is 24.3 Å². The minimum Gasteiger partial charge on any atom is -0.302 e. The van der Waals surface area contributed by atoms with Crippen LogP contribution in [0.5, 0.6) is 0 Å². The first-order valence-electron chi connectivity index (χ1n) is 5.00. The topological polar surface area (TPSA) is 27.0 Å². The lowest BCUT2D eigenvalue weighted by molar-refractivity contribution is 0.328. The van der Waals surface area contributed by atoms with Gasteiger partial charge < -0.3 is 4.90 Å². The summed E-state index contributed by atoms with van der Waals surface area (Å²) in [4.78, 5) is 2.21. The van der Waals surface area contributed by atoms with Crippen molar-refractivity contribution in [2.75, 3.05) is 19.5 Å². The van der Waals surface area contributed by atoms with Crippen LogP contribution in [0.2, 0.25) is 0 Å². The highest BCUT2D eigenvalue weighted by molar-refractivity contribution is 6.17. The number of rotatable bonds is 5. The van der Waals surface area contributed by atoms with Gasteiger partial charge in [-0.25, -0.2) is 0 Å². The maximum Gasteiger partial charge on any atom is 0.0991 e. The van der Waals surface area contributed by atoms with Crippen LogP contribution in [0.3, 0.4) is 0 Å². The number of nitriles is 1. The smallest absolute Gasteiger partial charge is 0.0991 e. The van der Waals surface area contributed by atoms with Crippen molar-refractivity contribution in [3.05, 3.63) is 35.4 Å².